The molecule has 0 radical (unpaired) electrons. The number of hydrogen-bond acceptors (Lipinski definition) is 5. The highest BCUT2D eigenvalue weighted by atomic mass is 19.4. The highest BCUT2D eigenvalue weighted by molar-refractivity contribution is 5.42. The highest BCUT2D eigenvalue weighted by Gasteiger charge is 2.33. The molecule has 2 N–H and O–H groups in total. The lowest BCUT2D eigenvalue weighted by atomic mass is 10.3. The Labute approximate surface area is 116 Å². The molecule has 0 atom stereocenters. The van der Waals surface area contributed by atoms with Crippen molar-refractivity contribution >= 4 is 11.8 Å². The van der Waals surface area contributed by atoms with E-state index in [2.05, 4.69) is 25.5 Å². The molecule has 0 unspecified atom stereocenters. The summed E-state index contributed by atoms with van der Waals surface area (Å²) < 4.78 is 38.1. The van der Waals surface area contributed by atoms with E-state index >= 15 is 0 Å². The summed E-state index contributed by atoms with van der Waals surface area (Å²) in [7, 11) is 3.43. The van der Waals surface area contributed by atoms with Crippen molar-refractivity contribution in [1.29, 1.82) is 0 Å². The van der Waals surface area contributed by atoms with Crippen LogP contribution in [0.2, 0.25) is 0 Å². The highest BCUT2D eigenvalue weighted by Crippen LogP contribution is 2.29. The molecule has 0 aliphatic rings. The van der Waals surface area contributed by atoms with Crippen molar-refractivity contribution in [2.24, 2.45) is 0 Å². The third-order valence-corrected chi connectivity index (χ3v) is 2.89. The van der Waals surface area contributed by atoms with E-state index < -0.39 is 11.9 Å². The van der Waals surface area contributed by atoms with Gasteiger partial charge < -0.3 is 15.5 Å². The van der Waals surface area contributed by atoms with Crippen molar-refractivity contribution in [3.05, 3.63) is 11.8 Å². The van der Waals surface area contributed by atoms with E-state index in [1.165, 1.54) is 7.05 Å². The predicted octanol–water partition coefficient (Wildman–Crippen LogP) is 2.29. The van der Waals surface area contributed by atoms with Gasteiger partial charge in [-0.2, -0.15) is 18.2 Å². The number of aromatic nitrogens is 2. The second kappa shape index (κ2) is 6.74. The molecule has 0 saturated heterocycles. The Morgan fingerprint density at radius 1 is 1.30 bits per heavy atom. The first-order chi connectivity index (χ1) is 9.24. The Balaban J connectivity index is 2.75. The lowest BCUT2D eigenvalue weighted by Gasteiger charge is -2.21. The Kier molecular flexibility index (Phi) is 5.55. The molecule has 1 aromatic rings. The fraction of sp³-hybridized carbons (Fsp3) is 0.667. The molecule has 114 valence electrons. The minimum absolute atomic E-state index is 0.0560. The van der Waals surface area contributed by atoms with Gasteiger partial charge in [0, 0.05) is 32.2 Å². The van der Waals surface area contributed by atoms with Gasteiger partial charge in [-0.3, -0.25) is 0 Å². The van der Waals surface area contributed by atoms with Gasteiger partial charge in [0.1, 0.15) is 5.82 Å². The summed E-state index contributed by atoms with van der Waals surface area (Å²) in [5.74, 6) is 0.105. The molecule has 1 rings (SSSR count). The van der Waals surface area contributed by atoms with Crippen molar-refractivity contribution < 1.29 is 13.2 Å². The first-order valence-corrected chi connectivity index (χ1v) is 6.32. The number of nitrogens with one attached hydrogen (secondary N) is 2. The Hall–Kier alpha value is -1.57. The van der Waals surface area contributed by atoms with Gasteiger partial charge in [-0.1, -0.05) is 0 Å². The number of alkyl halides is 3. The molecule has 1 heterocycles. The van der Waals surface area contributed by atoms with Crippen molar-refractivity contribution in [1.82, 2.24) is 14.9 Å². The molecule has 0 saturated carbocycles. The zero-order valence-electron chi connectivity index (χ0n) is 12.0. The van der Waals surface area contributed by atoms with Crippen LogP contribution in [0.5, 0.6) is 0 Å². The van der Waals surface area contributed by atoms with Gasteiger partial charge >= 0.3 is 6.18 Å². The minimum Gasteiger partial charge on any atom is -0.369 e. The maximum absolute atomic E-state index is 12.7. The van der Waals surface area contributed by atoms with Crippen LogP contribution in [-0.2, 0) is 6.18 Å². The largest absolute Gasteiger partial charge is 0.433 e. The summed E-state index contributed by atoms with van der Waals surface area (Å²) in [6.45, 7) is 5.31. The van der Waals surface area contributed by atoms with Gasteiger partial charge in [0.15, 0.2) is 5.69 Å². The molecule has 8 heteroatoms. The van der Waals surface area contributed by atoms with E-state index in [-0.39, 0.29) is 11.8 Å². The van der Waals surface area contributed by atoms with Crippen LogP contribution in [0.3, 0.4) is 0 Å². The molecule has 0 aromatic carbocycles. The average Bonchev–Trinajstić information content (AvgIpc) is 2.37. The molecule has 0 spiro atoms. The average molecular weight is 291 g/mol. The quantitative estimate of drug-likeness (QED) is 0.842. The van der Waals surface area contributed by atoms with E-state index in [4.69, 9.17) is 0 Å². The van der Waals surface area contributed by atoms with Crippen LogP contribution < -0.4 is 10.6 Å². The van der Waals surface area contributed by atoms with Crippen molar-refractivity contribution in [2.45, 2.75) is 26.1 Å². The Morgan fingerprint density at radius 3 is 2.45 bits per heavy atom. The normalized spacial score (nSPS) is 12.1. The summed E-state index contributed by atoms with van der Waals surface area (Å²) >= 11 is 0. The molecular weight excluding hydrogens is 271 g/mol. The van der Waals surface area contributed by atoms with Crippen LogP contribution in [0.4, 0.5) is 24.9 Å². The first kappa shape index (κ1) is 16.5. The van der Waals surface area contributed by atoms with Crippen molar-refractivity contribution in [2.75, 3.05) is 37.8 Å². The molecule has 0 bridgehead atoms. The standard InChI is InChI=1S/C12H20F3N5/c1-8(2)20(4)6-5-17-10-7-9(12(13,14)15)18-11(16-3)19-10/h7-8H,5-6H2,1-4H3,(H2,16,17,18,19). The Morgan fingerprint density at radius 2 is 1.95 bits per heavy atom. The van der Waals surface area contributed by atoms with E-state index in [1.54, 1.807) is 0 Å². The minimum atomic E-state index is -4.49. The van der Waals surface area contributed by atoms with E-state index in [0.717, 1.165) is 6.07 Å². The van der Waals surface area contributed by atoms with E-state index in [0.29, 0.717) is 19.1 Å². The smallest absolute Gasteiger partial charge is 0.369 e. The summed E-state index contributed by atoms with van der Waals surface area (Å²) in [5, 5.41) is 5.41. The van der Waals surface area contributed by atoms with Gasteiger partial charge in [0.05, 0.1) is 0 Å². The number of likely N-dealkylation sites (N-methyl/N-ethyl adjacent to an activating group) is 1. The van der Waals surface area contributed by atoms with E-state index in [9.17, 15) is 13.2 Å². The predicted molar refractivity (Wildman–Crippen MR) is 72.8 cm³/mol. The van der Waals surface area contributed by atoms with Gasteiger partial charge in [0.25, 0.3) is 0 Å². The number of hydrogen-bond donors (Lipinski definition) is 2. The van der Waals surface area contributed by atoms with Gasteiger partial charge in [-0.25, -0.2) is 4.98 Å². The van der Waals surface area contributed by atoms with Crippen LogP contribution >= 0.6 is 0 Å². The molecule has 0 amide bonds. The van der Waals surface area contributed by atoms with Gasteiger partial charge in [-0.05, 0) is 20.9 Å². The summed E-state index contributed by atoms with van der Waals surface area (Å²) in [4.78, 5) is 9.43. The third kappa shape index (κ3) is 4.84. The third-order valence-electron chi connectivity index (χ3n) is 2.89. The van der Waals surface area contributed by atoms with Crippen molar-refractivity contribution in [3.63, 3.8) is 0 Å². The number of rotatable bonds is 6. The van der Waals surface area contributed by atoms with E-state index in [1.807, 2.05) is 20.9 Å². The molecule has 1 aromatic heterocycles. The lowest BCUT2D eigenvalue weighted by Crippen LogP contribution is -2.31. The Bertz CT molecular complexity index is 434. The lowest BCUT2D eigenvalue weighted by molar-refractivity contribution is -0.141. The summed E-state index contributed by atoms with van der Waals surface area (Å²) in [6, 6.07) is 1.29. The maximum atomic E-state index is 12.7. The number of anilines is 2. The van der Waals surface area contributed by atoms with Crippen LogP contribution in [0, 0.1) is 0 Å². The number of nitrogens with zero attached hydrogens (tertiary/aromatic N) is 3. The maximum Gasteiger partial charge on any atom is 0.433 e. The van der Waals surface area contributed by atoms with Crippen LogP contribution in [0.1, 0.15) is 19.5 Å². The SMILES string of the molecule is CNc1nc(NCCN(C)C(C)C)cc(C(F)(F)F)n1. The fourth-order valence-electron chi connectivity index (χ4n) is 1.41. The van der Waals surface area contributed by atoms with Gasteiger partial charge in [-0.15, -0.1) is 0 Å². The summed E-state index contributed by atoms with van der Waals surface area (Å²) in [6.07, 6.45) is -4.49. The van der Waals surface area contributed by atoms with Crippen molar-refractivity contribution in [3.8, 4) is 0 Å². The zero-order valence-corrected chi connectivity index (χ0v) is 12.0. The molecular formula is C12H20F3N5. The topological polar surface area (TPSA) is 53.1 Å². The number of halogens is 3. The van der Waals surface area contributed by atoms with Gasteiger partial charge in [0.2, 0.25) is 5.95 Å². The first-order valence-electron chi connectivity index (χ1n) is 6.32. The monoisotopic (exact) mass is 291 g/mol. The second-order valence-corrected chi connectivity index (χ2v) is 4.71. The molecule has 0 aliphatic heterocycles. The van der Waals surface area contributed by atoms with Crippen LogP contribution in [-0.4, -0.2) is 48.1 Å². The molecule has 0 fully saturated rings. The van der Waals surface area contributed by atoms with Crippen LogP contribution in [0.25, 0.3) is 0 Å². The van der Waals surface area contributed by atoms with Crippen LogP contribution in [0.15, 0.2) is 6.07 Å². The molecule has 5 nitrogen and oxygen atoms in total. The molecule has 20 heavy (non-hydrogen) atoms. The second-order valence-electron chi connectivity index (χ2n) is 4.71. The summed E-state index contributed by atoms with van der Waals surface area (Å²) in [5.41, 5.74) is -0.962. The zero-order chi connectivity index (χ0) is 15.3. The fourth-order valence-corrected chi connectivity index (χ4v) is 1.41. The molecule has 0 aliphatic carbocycles.